The number of amides is 2. The third-order valence-electron chi connectivity index (χ3n) is 9.70. The Kier molecular flexibility index (Phi) is 14.1. The van der Waals surface area contributed by atoms with E-state index >= 15 is 0 Å². The molecule has 0 aliphatic rings. The van der Waals surface area contributed by atoms with E-state index < -0.39 is 59.7 Å². The lowest BCUT2D eigenvalue weighted by molar-refractivity contribution is 0.0954. The van der Waals surface area contributed by atoms with Crippen LogP contribution in [0.5, 0.6) is 34.5 Å². The van der Waals surface area contributed by atoms with Crippen LogP contribution in [-0.4, -0.2) is 77.1 Å². The summed E-state index contributed by atoms with van der Waals surface area (Å²) in [6.07, 6.45) is 0.107. The van der Waals surface area contributed by atoms with E-state index in [1.165, 1.54) is 52.3 Å². The van der Waals surface area contributed by atoms with Crippen molar-refractivity contribution in [2.24, 2.45) is 0 Å². The molecule has 0 radical (unpaired) electrons. The largest absolute Gasteiger partial charge is 0.522 e. The number of nitrogens with zero attached hydrogens (tertiary/aromatic N) is 2. The predicted molar refractivity (Wildman–Crippen MR) is 232 cm³/mol. The third kappa shape index (κ3) is 10.4. The summed E-state index contributed by atoms with van der Waals surface area (Å²) < 4.78 is 53.0. The number of carbonyl (C=O) groups excluding carboxylic acids is 2. The topological polar surface area (TPSA) is 223 Å². The first-order chi connectivity index (χ1) is 29.2. The number of ether oxygens (including phenoxy) is 2. The van der Waals surface area contributed by atoms with Crippen LogP contribution in [0, 0.1) is 0 Å². The number of aromatic hydroxyl groups is 4. The highest BCUT2D eigenvalue weighted by atomic mass is 32.2. The highest BCUT2D eigenvalue weighted by Gasteiger charge is 2.30. The fourth-order valence-electron chi connectivity index (χ4n) is 6.47. The summed E-state index contributed by atoms with van der Waals surface area (Å²) in [5.41, 5.74) is 1.29. The number of hydrogen-bond acceptors (Lipinski definition) is 12. The van der Waals surface area contributed by atoms with E-state index in [0.29, 0.717) is 34.3 Å². The Hall–Kier alpha value is -6.23. The summed E-state index contributed by atoms with van der Waals surface area (Å²) in [5.74, 6) is -2.29. The van der Waals surface area contributed by atoms with Crippen LogP contribution in [0.25, 0.3) is 10.1 Å². The van der Waals surface area contributed by atoms with Crippen molar-refractivity contribution in [2.75, 3.05) is 29.3 Å². The Bertz CT molecular complexity index is 2490. The second-order valence-corrected chi connectivity index (χ2v) is 17.8. The average Bonchev–Trinajstić information content (AvgIpc) is 3.69. The van der Waals surface area contributed by atoms with E-state index in [2.05, 4.69) is 4.72 Å². The number of benzene rings is 5. The van der Waals surface area contributed by atoms with E-state index in [-0.39, 0.29) is 51.5 Å². The number of carbonyl (C=O) groups is 2. The minimum Gasteiger partial charge on any atom is -0.504 e. The molecule has 0 aliphatic heterocycles. The third-order valence-corrected chi connectivity index (χ3v) is 13.3. The molecule has 0 aliphatic carbocycles. The van der Waals surface area contributed by atoms with Gasteiger partial charge in [-0.25, -0.2) is 8.42 Å². The summed E-state index contributed by atoms with van der Waals surface area (Å²) in [5, 5.41) is 40.7. The second kappa shape index (κ2) is 19.4. The van der Waals surface area contributed by atoms with Crippen LogP contribution in [0.4, 0.5) is 11.4 Å². The molecule has 6 N–H and O–H groups in total. The van der Waals surface area contributed by atoms with Gasteiger partial charge in [0.2, 0.25) is 6.29 Å². The lowest BCUT2D eigenvalue weighted by Crippen LogP contribution is -2.44. The molecule has 6 aromatic rings. The number of nitrogens with one attached hydrogen (secondary N) is 1. The second-order valence-electron chi connectivity index (χ2n) is 13.7. The van der Waals surface area contributed by atoms with E-state index in [9.17, 15) is 47.9 Å². The first-order valence-corrected chi connectivity index (χ1v) is 22.7. The zero-order chi connectivity index (χ0) is 43.8. The molecule has 0 fully saturated rings. The monoisotopic (exact) mass is 888 g/mol. The Morgan fingerprint density at radius 2 is 1.13 bits per heavy atom. The molecule has 3 unspecified atom stereocenters. The number of hydrogen-bond donors (Lipinski definition) is 6. The fourth-order valence-corrected chi connectivity index (χ4v) is 9.71. The summed E-state index contributed by atoms with van der Waals surface area (Å²) in [6.45, 7) is 3.54. The molecule has 0 spiro atoms. The Morgan fingerprint density at radius 1 is 0.672 bits per heavy atom. The number of para-hydroxylation sites is 2. The van der Waals surface area contributed by atoms with Crippen LogP contribution in [0.15, 0.2) is 119 Å². The highest BCUT2D eigenvalue weighted by Crippen LogP contribution is 2.39. The van der Waals surface area contributed by atoms with Crippen molar-refractivity contribution >= 4 is 62.7 Å². The fraction of sp³-hybridized carbons (Fsp3) is 0.209. The predicted octanol–water partition coefficient (Wildman–Crippen LogP) is 7.70. The van der Waals surface area contributed by atoms with Crippen molar-refractivity contribution in [1.29, 1.82) is 0 Å². The first kappa shape index (κ1) is 44.3. The highest BCUT2D eigenvalue weighted by molar-refractivity contribution is 7.92. The lowest BCUT2D eigenvalue weighted by atomic mass is 10.1. The standard InChI is InChI=1S/C43H42N3O12PS2/c1-3-30(45(32-11-7-5-8-12-32)42(51)27-15-17-34(47)36(49)19-27)24-57-38-21-29-22-41(61(55,56)44-26-59(53)54)60-40(29)23-39(38)58-25-31(4-2)46(33-13-9-6-10-14-33)43(52)28-16-18-35(48)37(50)20-28/h5-23,30-31,44H,3-4,24-26H2,1-2H3,(H4-,47,48,49,50,51,52,53,54)/p+1. The Morgan fingerprint density at radius 3 is 1.56 bits per heavy atom. The normalized spacial score (nSPS) is 12.7. The van der Waals surface area contributed by atoms with Gasteiger partial charge in [-0.05, 0) is 95.6 Å². The van der Waals surface area contributed by atoms with Gasteiger partial charge in [-0.1, -0.05) is 50.2 Å². The van der Waals surface area contributed by atoms with Crippen molar-refractivity contribution in [2.45, 2.75) is 43.0 Å². The molecule has 15 nitrogen and oxygen atoms in total. The Labute approximate surface area is 356 Å². The molecule has 3 atom stereocenters. The van der Waals surface area contributed by atoms with E-state index in [0.717, 1.165) is 11.3 Å². The number of rotatable bonds is 18. The van der Waals surface area contributed by atoms with E-state index in [4.69, 9.17) is 9.47 Å². The van der Waals surface area contributed by atoms with Gasteiger partial charge in [0.15, 0.2) is 34.5 Å². The Balaban J connectivity index is 1.37. The number of phenolic OH excluding ortho intramolecular Hbond substituents is 4. The quantitative estimate of drug-likeness (QED) is 0.0361. The van der Waals surface area contributed by atoms with Gasteiger partial charge in [-0.2, -0.15) is 9.62 Å². The molecule has 2 amide bonds. The summed E-state index contributed by atoms with van der Waals surface area (Å²) >= 11 is 0.899. The molecule has 6 rings (SSSR count). The van der Waals surface area contributed by atoms with Crippen molar-refractivity contribution in [3.05, 3.63) is 126 Å². The van der Waals surface area contributed by atoms with Gasteiger partial charge in [-0.15, -0.1) is 11.3 Å². The summed E-state index contributed by atoms with van der Waals surface area (Å²) in [7, 11) is -6.97. The molecule has 0 saturated heterocycles. The molecule has 5 aromatic carbocycles. The van der Waals surface area contributed by atoms with Crippen LogP contribution < -0.4 is 24.0 Å². The smallest absolute Gasteiger partial charge is 0.504 e. The minimum absolute atomic E-state index is 0.0963. The maximum Gasteiger partial charge on any atom is 0.522 e. The molecule has 1 aromatic heterocycles. The maximum absolute atomic E-state index is 14.1. The van der Waals surface area contributed by atoms with Gasteiger partial charge in [0.1, 0.15) is 17.4 Å². The van der Waals surface area contributed by atoms with Gasteiger partial charge >= 0.3 is 8.03 Å². The van der Waals surface area contributed by atoms with Crippen molar-refractivity contribution in [1.82, 2.24) is 4.72 Å². The average molecular weight is 889 g/mol. The van der Waals surface area contributed by atoms with Crippen molar-refractivity contribution in [3.8, 4) is 34.5 Å². The first-order valence-electron chi connectivity index (χ1n) is 19.0. The van der Waals surface area contributed by atoms with Crippen LogP contribution in [0.3, 0.4) is 0 Å². The van der Waals surface area contributed by atoms with Crippen LogP contribution >= 0.6 is 19.4 Å². The summed E-state index contributed by atoms with van der Waals surface area (Å²) in [6, 6.07) is 28.6. The number of anilines is 2. The zero-order valence-electron chi connectivity index (χ0n) is 32.9. The van der Waals surface area contributed by atoms with Crippen LogP contribution in [-0.2, 0) is 14.6 Å². The summed E-state index contributed by atoms with van der Waals surface area (Å²) in [4.78, 5) is 40.6. The minimum atomic E-state index is -4.18. The molecular weight excluding hydrogens is 846 g/mol. The lowest BCUT2D eigenvalue weighted by Gasteiger charge is -2.32. The van der Waals surface area contributed by atoms with E-state index in [1.54, 1.807) is 72.8 Å². The van der Waals surface area contributed by atoms with Crippen LogP contribution in [0.2, 0.25) is 0 Å². The van der Waals surface area contributed by atoms with Gasteiger partial charge in [0.05, 0.1) is 12.1 Å². The number of phenols is 4. The maximum atomic E-state index is 14.1. The zero-order valence-corrected chi connectivity index (χ0v) is 35.4. The SMILES string of the molecule is CCC(COc1cc2cc(S(=O)(=O)NC[P+](=O)O)sc2cc1OCC(CC)N(C(=O)c1ccc(O)c(O)c1)c1ccccc1)N(C(=O)c1ccc(O)c(O)c1)c1ccccc1. The van der Waals surface area contributed by atoms with Gasteiger partial charge in [0.25, 0.3) is 21.8 Å². The van der Waals surface area contributed by atoms with Crippen molar-refractivity contribution in [3.63, 3.8) is 0 Å². The molecule has 18 heteroatoms. The van der Waals surface area contributed by atoms with Gasteiger partial charge in [0, 0.05) is 33.3 Å². The van der Waals surface area contributed by atoms with Gasteiger partial charge in [-0.3, -0.25) is 9.59 Å². The number of sulfonamides is 1. The number of fused-ring (bicyclic) bond motifs is 1. The van der Waals surface area contributed by atoms with Gasteiger partial charge < -0.3 is 39.7 Å². The molecule has 0 saturated carbocycles. The molecule has 1 heterocycles. The molecule has 318 valence electrons. The molecule has 61 heavy (non-hydrogen) atoms. The molecule has 0 bridgehead atoms. The number of thiophene rings is 1. The van der Waals surface area contributed by atoms with Crippen LogP contribution in [0.1, 0.15) is 47.4 Å². The van der Waals surface area contributed by atoms with E-state index in [1.807, 2.05) is 13.8 Å². The molecular formula is C43H43N3O12PS2+. The van der Waals surface area contributed by atoms with Crippen molar-refractivity contribution < 1.29 is 57.4 Å².